The third kappa shape index (κ3) is 4.62. The minimum atomic E-state index is -4.61. The number of aryl methyl sites for hydroxylation is 1. The Labute approximate surface area is 165 Å². The number of hydrogen-bond acceptors (Lipinski definition) is 4. The second-order valence-electron chi connectivity index (χ2n) is 6.67. The highest BCUT2D eigenvalue weighted by Gasteiger charge is 2.35. The van der Waals surface area contributed by atoms with Crippen LogP contribution < -0.4 is 5.32 Å². The molecule has 0 bridgehead atoms. The third-order valence-corrected chi connectivity index (χ3v) is 4.22. The van der Waals surface area contributed by atoms with Gasteiger partial charge in [0.2, 0.25) is 0 Å². The zero-order valence-corrected chi connectivity index (χ0v) is 15.7. The summed E-state index contributed by atoms with van der Waals surface area (Å²) < 4.78 is 40.7. The predicted molar refractivity (Wildman–Crippen MR) is 101 cm³/mol. The van der Waals surface area contributed by atoms with E-state index in [1.807, 2.05) is 13.0 Å². The number of hydrogen-bond donors (Lipinski definition) is 2. The Bertz CT molecular complexity index is 1010. The van der Waals surface area contributed by atoms with Crippen molar-refractivity contribution in [3.63, 3.8) is 0 Å². The minimum absolute atomic E-state index is 0.0731. The Balaban J connectivity index is 2.14. The van der Waals surface area contributed by atoms with E-state index in [0.717, 1.165) is 22.5 Å². The summed E-state index contributed by atoms with van der Waals surface area (Å²) in [5.41, 5.74) is 1.14. The Kier molecular flexibility index (Phi) is 5.69. The molecular weight excluding hydrogens is 385 g/mol. The van der Waals surface area contributed by atoms with Crippen molar-refractivity contribution in [1.82, 2.24) is 20.1 Å². The standard InChI is InChI=1S/C20H19F3N4O2/c1-12-3-4-17(24-10-12)14-7-15(19(29)26-13(2)11-28)9-16(8-14)27-18(5-6-25-27)20(21,22)23/h3-10,13,28H,11H2,1-2H3,(H,26,29). The van der Waals surface area contributed by atoms with Crippen LogP contribution in [0.1, 0.15) is 28.5 Å². The molecular formula is C20H19F3N4O2. The van der Waals surface area contributed by atoms with E-state index in [4.69, 9.17) is 5.11 Å². The molecule has 9 heteroatoms. The van der Waals surface area contributed by atoms with Crippen molar-refractivity contribution in [3.8, 4) is 16.9 Å². The summed E-state index contributed by atoms with van der Waals surface area (Å²) >= 11 is 0. The number of rotatable bonds is 5. The quantitative estimate of drug-likeness (QED) is 0.683. The molecule has 2 N–H and O–H groups in total. The smallest absolute Gasteiger partial charge is 0.394 e. The van der Waals surface area contributed by atoms with Crippen LogP contribution in [0.25, 0.3) is 16.9 Å². The lowest BCUT2D eigenvalue weighted by Gasteiger charge is -2.15. The summed E-state index contributed by atoms with van der Waals surface area (Å²) in [5, 5.41) is 15.5. The predicted octanol–water partition coefficient (Wildman–Crippen LogP) is 3.37. The molecule has 0 radical (unpaired) electrons. The number of alkyl halides is 3. The first-order valence-electron chi connectivity index (χ1n) is 8.80. The Morgan fingerprint density at radius 1 is 1.24 bits per heavy atom. The molecule has 3 rings (SSSR count). The molecule has 3 aromatic rings. The van der Waals surface area contributed by atoms with Gasteiger partial charge in [-0.2, -0.15) is 18.3 Å². The molecule has 0 spiro atoms. The number of carbonyl (C=O) groups is 1. The van der Waals surface area contributed by atoms with Crippen LogP contribution in [0.5, 0.6) is 0 Å². The Morgan fingerprint density at radius 3 is 2.62 bits per heavy atom. The first-order valence-corrected chi connectivity index (χ1v) is 8.80. The molecule has 2 aromatic heterocycles. The van der Waals surface area contributed by atoms with Gasteiger partial charge in [-0.25, -0.2) is 4.68 Å². The highest BCUT2D eigenvalue weighted by atomic mass is 19.4. The van der Waals surface area contributed by atoms with E-state index in [1.165, 1.54) is 18.2 Å². The summed E-state index contributed by atoms with van der Waals surface area (Å²) in [6, 6.07) is 8.24. The number of benzene rings is 1. The van der Waals surface area contributed by atoms with Gasteiger partial charge in [0, 0.05) is 23.4 Å². The molecule has 29 heavy (non-hydrogen) atoms. The number of aliphatic hydroxyl groups is 1. The molecule has 1 amide bonds. The van der Waals surface area contributed by atoms with E-state index < -0.39 is 23.8 Å². The number of aliphatic hydroxyl groups excluding tert-OH is 1. The van der Waals surface area contributed by atoms with Crippen LogP contribution in [0.2, 0.25) is 0 Å². The number of nitrogens with zero attached hydrogens (tertiary/aromatic N) is 3. The summed E-state index contributed by atoms with van der Waals surface area (Å²) in [4.78, 5) is 16.9. The molecule has 0 aliphatic heterocycles. The Morgan fingerprint density at radius 2 is 2.00 bits per heavy atom. The zero-order valence-electron chi connectivity index (χ0n) is 15.7. The van der Waals surface area contributed by atoms with Gasteiger partial charge in [-0.15, -0.1) is 0 Å². The molecule has 2 heterocycles. The van der Waals surface area contributed by atoms with Crippen molar-refractivity contribution in [2.75, 3.05) is 6.61 Å². The summed E-state index contributed by atoms with van der Waals surface area (Å²) in [6.07, 6.45) is -1.93. The van der Waals surface area contributed by atoms with Gasteiger partial charge in [0.15, 0.2) is 0 Å². The summed E-state index contributed by atoms with van der Waals surface area (Å²) in [7, 11) is 0. The van der Waals surface area contributed by atoms with Crippen LogP contribution in [0.15, 0.2) is 48.8 Å². The molecule has 0 fully saturated rings. The van der Waals surface area contributed by atoms with Crippen molar-refractivity contribution in [1.29, 1.82) is 0 Å². The number of amides is 1. The highest BCUT2D eigenvalue weighted by molar-refractivity contribution is 5.96. The summed E-state index contributed by atoms with van der Waals surface area (Å²) in [6.45, 7) is 3.20. The average molecular weight is 404 g/mol. The molecule has 6 nitrogen and oxygen atoms in total. The van der Waals surface area contributed by atoms with E-state index in [-0.39, 0.29) is 17.9 Å². The fourth-order valence-corrected chi connectivity index (χ4v) is 2.73. The number of nitrogens with one attached hydrogen (secondary N) is 1. The molecule has 1 unspecified atom stereocenters. The van der Waals surface area contributed by atoms with Crippen LogP contribution in [0.3, 0.4) is 0 Å². The monoisotopic (exact) mass is 404 g/mol. The molecule has 152 valence electrons. The van der Waals surface area contributed by atoms with Gasteiger partial charge in [0.05, 0.1) is 24.2 Å². The average Bonchev–Trinajstić information content (AvgIpc) is 3.18. The number of carbonyl (C=O) groups excluding carboxylic acids is 1. The lowest BCUT2D eigenvalue weighted by Crippen LogP contribution is -2.35. The molecule has 1 aromatic carbocycles. The SMILES string of the molecule is Cc1ccc(-c2cc(C(=O)NC(C)CO)cc(-n3nccc3C(F)(F)F)c2)nc1. The molecule has 0 aliphatic carbocycles. The van der Waals surface area contributed by atoms with Crippen LogP contribution in [-0.2, 0) is 6.18 Å². The van der Waals surface area contributed by atoms with Crippen LogP contribution in [0, 0.1) is 6.92 Å². The second kappa shape index (κ2) is 8.04. The van der Waals surface area contributed by atoms with Crippen LogP contribution >= 0.6 is 0 Å². The van der Waals surface area contributed by atoms with Crippen molar-refractivity contribution in [2.24, 2.45) is 0 Å². The van der Waals surface area contributed by atoms with E-state index in [9.17, 15) is 18.0 Å². The lowest BCUT2D eigenvalue weighted by molar-refractivity contribution is -0.142. The first-order chi connectivity index (χ1) is 13.7. The van der Waals surface area contributed by atoms with Gasteiger partial charge in [0.25, 0.3) is 5.91 Å². The fraction of sp³-hybridized carbons (Fsp3) is 0.250. The largest absolute Gasteiger partial charge is 0.433 e. The van der Waals surface area contributed by atoms with Crippen molar-refractivity contribution in [3.05, 3.63) is 65.6 Å². The number of halogens is 3. The molecule has 1 atom stereocenters. The van der Waals surface area contributed by atoms with Crippen molar-refractivity contribution < 1.29 is 23.1 Å². The zero-order chi connectivity index (χ0) is 21.2. The normalized spacial score (nSPS) is 12.6. The Hall–Kier alpha value is -3.20. The molecule has 0 saturated heterocycles. The number of aromatic nitrogens is 3. The topological polar surface area (TPSA) is 80.0 Å². The van der Waals surface area contributed by atoms with Crippen molar-refractivity contribution in [2.45, 2.75) is 26.1 Å². The fourth-order valence-electron chi connectivity index (χ4n) is 2.73. The van der Waals surface area contributed by atoms with Gasteiger partial charge in [0.1, 0.15) is 5.69 Å². The first kappa shape index (κ1) is 20.5. The summed E-state index contributed by atoms with van der Waals surface area (Å²) in [5.74, 6) is -0.525. The highest BCUT2D eigenvalue weighted by Crippen LogP contribution is 2.32. The van der Waals surface area contributed by atoms with Crippen LogP contribution in [0.4, 0.5) is 13.2 Å². The second-order valence-corrected chi connectivity index (χ2v) is 6.67. The van der Waals surface area contributed by atoms with E-state index >= 15 is 0 Å². The number of pyridine rings is 1. The maximum atomic E-state index is 13.3. The van der Waals surface area contributed by atoms with Gasteiger partial charge in [-0.1, -0.05) is 6.07 Å². The third-order valence-electron chi connectivity index (χ3n) is 4.22. The van der Waals surface area contributed by atoms with Gasteiger partial charge < -0.3 is 10.4 Å². The minimum Gasteiger partial charge on any atom is -0.394 e. The van der Waals surface area contributed by atoms with Crippen LogP contribution in [-0.4, -0.2) is 38.4 Å². The molecule has 0 aliphatic rings. The van der Waals surface area contributed by atoms with Gasteiger partial charge in [-0.05, 0) is 49.7 Å². The lowest BCUT2D eigenvalue weighted by atomic mass is 10.0. The van der Waals surface area contributed by atoms with E-state index in [0.29, 0.717) is 11.3 Å². The van der Waals surface area contributed by atoms with Gasteiger partial charge in [-0.3, -0.25) is 9.78 Å². The maximum Gasteiger partial charge on any atom is 0.433 e. The van der Waals surface area contributed by atoms with Gasteiger partial charge >= 0.3 is 6.18 Å². The molecule has 0 saturated carbocycles. The van der Waals surface area contributed by atoms with E-state index in [1.54, 1.807) is 19.2 Å². The van der Waals surface area contributed by atoms with E-state index in [2.05, 4.69) is 15.4 Å². The van der Waals surface area contributed by atoms with Crippen molar-refractivity contribution >= 4 is 5.91 Å². The maximum absolute atomic E-state index is 13.3.